The van der Waals surface area contributed by atoms with Gasteiger partial charge in [-0.05, 0) is 23.8 Å². The van der Waals surface area contributed by atoms with Crippen LogP contribution in [0.5, 0.6) is 0 Å². The molecule has 1 amide bonds. The standard InChI is InChI=1S/C17H13F4N5O/c18-6-11-3-13(5-14(4-11)17(19,20)21)16-23-10-26(24-16)2-1-15(27)25-8-12(7-22)9-25/h1-5,10,12H,6,8-9H2/b2-1-. The predicted molar refractivity (Wildman–Crippen MR) is 86.3 cm³/mol. The van der Waals surface area contributed by atoms with Gasteiger partial charge in [0.25, 0.3) is 0 Å². The van der Waals surface area contributed by atoms with Gasteiger partial charge in [0.1, 0.15) is 13.0 Å². The molecule has 0 N–H and O–H groups in total. The lowest BCUT2D eigenvalue weighted by Crippen LogP contribution is -2.48. The Morgan fingerprint density at radius 2 is 2.07 bits per heavy atom. The van der Waals surface area contributed by atoms with Crippen LogP contribution >= 0.6 is 0 Å². The first-order valence-electron chi connectivity index (χ1n) is 7.85. The number of halogens is 4. The number of hydrogen-bond donors (Lipinski definition) is 0. The maximum absolute atomic E-state index is 12.9. The average molecular weight is 379 g/mol. The summed E-state index contributed by atoms with van der Waals surface area (Å²) < 4.78 is 52.9. The number of benzene rings is 1. The highest BCUT2D eigenvalue weighted by atomic mass is 19.4. The van der Waals surface area contributed by atoms with Gasteiger partial charge in [-0.25, -0.2) is 14.1 Å². The van der Waals surface area contributed by atoms with E-state index in [9.17, 15) is 22.4 Å². The number of aromatic nitrogens is 3. The lowest BCUT2D eigenvalue weighted by Gasteiger charge is -2.34. The lowest BCUT2D eigenvalue weighted by atomic mass is 10.0. The molecule has 140 valence electrons. The van der Waals surface area contributed by atoms with Crippen molar-refractivity contribution < 1.29 is 22.4 Å². The molecular formula is C17H13F4N5O. The molecule has 1 aromatic carbocycles. The van der Waals surface area contributed by atoms with Crippen molar-refractivity contribution in [2.75, 3.05) is 13.1 Å². The Labute approximate surface area is 151 Å². The molecule has 1 aromatic heterocycles. The molecule has 0 radical (unpaired) electrons. The smallest absolute Gasteiger partial charge is 0.336 e. The molecule has 0 saturated carbocycles. The topological polar surface area (TPSA) is 74.8 Å². The van der Waals surface area contributed by atoms with Crippen LogP contribution in [-0.2, 0) is 17.6 Å². The van der Waals surface area contributed by atoms with Crippen LogP contribution in [0.3, 0.4) is 0 Å². The molecule has 1 aliphatic rings. The minimum atomic E-state index is -4.62. The van der Waals surface area contributed by atoms with E-state index in [4.69, 9.17) is 5.26 Å². The van der Waals surface area contributed by atoms with Crippen LogP contribution < -0.4 is 0 Å². The summed E-state index contributed by atoms with van der Waals surface area (Å²) in [5, 5.41) is 12.7. The van der Waals surface area contributed by atoms with Crippen LogP contribution in [0.2, 0.25) is 0 Å². The number of carbonyl (C=O) groups is 1. The van der Waals surface area contributed by atoms with E-state index in [2.05, 4.69) is 16.2 Å². The van der Waals surface area contributed by atoms with E-state index in [0.717, 1.165) is 12.1 Å². The second-order valence-corrected chi connectivity index (χ2v) is 5.98. The number of alkyl halides is 4. The van der Waals surface area contributed by atoms with E-state index in [-0.39, 0.29) is 28.8 Å². The summed E-state index contributed by atoms with van der Waals surface area (Å²) in [5.74, 6) is -0.496. The zero-order valence-corrected chi connectivity index (χ0v) is 13.8. The summed E-state index contributed by atoms with van der Waals surface area (Å²) in [6.45, 7) is -0.331. The van der Waals surface area contributed by atoms with Crippen molar-refractivity contribution in [1.29, 1.82) is 5.26 Å². The summed E-state index contributed by atoms with van der Waals surface area (Å²) in [6.07, 6.45) is -0.858. The first kappa shape index (κ1) is 18.6. The van der Waals surface area contributed by atoms with Crippen molar-refractivity contribution >= 4 is 12.1 Å². The van der Waals surface area contributed by atoms with Crippen LogP contribution in [0.4, 0.5) is 17.6 Å². The van der Waals surface area contributed by atoms with Gasteiger partial charge in [-0.2, -0.15) is 18.4 Å². The molecule has 0 atom stereocenters. The molecule has 0 unspecified atom stereocenters. The molecule has 0 aliphatic carbocycles. The van der Waals surface area contributed by atoms with Gasteiger partial charge in [0.05, 0.1) is 17.6 Å². The zero-order valence-electron chi connectivity index (χ0n) is 13.8. The fraction of sp³-hybridized carbons (Fsp3) is 0.294. The summed E-state index contributed by atoms with van der Waals surface area (Å²) in [6, 6.07) is 4.88. The second kappa shape index (κ2) is 7.19. The van der Waals surface area contributed by atoms with Crippen molar-refractivity contribution in [3.63, 3.8) is 0 Å². The maximum Gasteiger partial charge on any atom is 0.416 e. The molecule has 1 saturated heterocycles. The molecule has 2 aromatic rings. The molecular weight excluding hydrogens is 366 g/mol. The average Bonchev–Trinajstić information content (AvgIpc) is 3.07. The summed E-state index contributed by atoms with van der Waals surface area (Å²) in [4.78, 5) is 17.3. The zero-order chi connectivity index (χ0) is 19.6. The van der Waals surface area contributed by atoms with Gasteiger partial charge in [0.15, 0.2) is 5.82 Å². The van der Waals surface area contributed by atoms with Crippen molar-refractivity contribution in [2.45, 2.75) is 12.9 Å². The third kappa shape index (κ3) is 4.13. The number of rotatable bonds is 4. The minimum Gasteiger partial charge on any atom is -0.336 e. The Morgan fingerprint density at radius 3 is 2.70 bits per heavy atom. The Hall–Kier alpha value is -3.22. The number of amides is 1. The molecule has 2 heterocycles. The molecule has 0 spiro atoms. The van der Waals surface area contributed by atoms with E-state index in [1.165, 1.54) is 34.3 Å². The Morgan fingerprint density at radius 1 is 1.33 bits per heavy atom. The molecule has 6 nitrogen and oxygen atoms in total. The number of carbonyl (C=O) groups excluding carboxylic acids is 1. The molecule has 1 fully saturated rings. The first-order chi connectivity index (χ1) is 12.8. The molecule has 27 heavy (non-hydrogen) atoms. The van der Waals surface area contributed by atoms with Crippen LogP contribution in [0.1, 0.15) is 11.1 Å². The normalized spacial score (nSPS) is 15.0. The second-order valence-electron chi connectivity index (χ2n) is 5.98. The van der Waals surface area contributed by atoms with Gasteiger partial charge < -0.3 is 4.90 Å². The Kier molecular flexibility index (Phi) is 4.94. The highest BCUT2D eigenvalue weighted by Crippen LogP contribution is 2.33. The van der Waals surface area contributed by atoms with Crippen LogP contribution in [0, 0.1) is 17.2 Å². The van der Waals surface area contributed by atoms with Crippen LogP contribution in [0.25, 0.3) is 17.6 Å². The fourth-order valence-electron chi connectivity index (χ4n) is 2.53. The molecule has 1 aliphatic heterocycles. The van der Waals surface area contributed by atoms with Crippen molar-refractivity contribution in [3.8, 4) is 17.5 Å². The van der Waals surface area contributed by atoms with Crippen molar-refractivity contribution in [2.24, 2.45) is 5.92 Å². The third-order valence-corrected chi connectivity index (χ3v) is 3.99. The van der Waals surface area contributed by atoms with Gasteiger partial charge in [-0.15, -0.1) is 5.10 Å². The molecule has 3 rings (SSSR count). The number of nitrogens with zero attached hydrogens (tertiary/aromatic N) is 5. The Bertz CT molecular complexity index is 922. The largest absolute Gasteiger partial charge is 0.416 e. The predicted octanol–water partition coefficient (Wildman–Crippen LogP) is 2.89. The van der Waals surface area contributed by atoms with Gasteiger partial charge >= 0.3 is 6.18 Å². The SMILES string of the molecule is N#CC1CN(C(=O)/C=C\n2cnc(-c3cc(CF)cc(C(F)(F)F)c3)n2)C1. The monoisotopic (exact) mass is 379 g/mol. The minimum absolute atomic E-state index is 0.0237. The van der Waals surface area contributed by atoms with Gasteiger partial charge in [-0.3, -0.25) is 4.79 Å². The van der Waals surface area contributed by atoms with Crippen molar-refractivity contribution in [3.05, 3.63) is 41.7 Å². The Balaban J connectivity index is 1.77. The summed E-state index contributed by atoms with van der Waals surface area (Å²) in [5.41, 5.74) is -1.10. The van der Waals surface area contributed by atoms with E-state index in [1.807, 2.05) is 0 Å². The van der Waals surface area contributed by atoms with E-state index >= 15 is 0 Å². The number of hydrogen-bond acceptors (Lipinski definition) is 4. The number of nitriles is 1. The third-order valence-electron chi connectivity index (χ3n) is 3.99. The van der Waals surface area contributed by atoms with E-state index in [1.54, 1.807) is 0 Å². The van der Waals surface area contributed by atoms with Crippen molar-refractivity contribution in [1.82, 2.24) is 19.7 Å². The quantitative estimate of drug-likeness (QED) is 0.605. The van der Waals surface area contributed by atoms with Gasteiger partial charge in [-0.1, -0.05) is 0 Å². The van der Waals surface area contributed by atoms with Gasteiger partial charge in [0.2, 0.25) is 5.91 Å². The summed E-state index contributed by atoms with van der Waals surface area (Å²) in [7, 11) is 0. The van der Waals surface area contributed by atoms with Crippen LogP contribution in [0.15, 0.2) is 30.6 Å². The first-order valence-corrected chi connectivity index (χ1v) is 7.85. The lowest BCUT2D eigenvalue weighted by molar-refractivity contribution is -0.137. The summed E-state index contributed by atoms with van der Waals surface area (Å²) >= 11 is 0. The molecule has 10 heteroatoms. The van der Waals surface area contributed by atoms with E-state index in [0.29, 0.717) is 13.1 Å². The maximum atomic E-state index is 12.9. The van der Waals surface area contributed by atoms with Crippen LogP contribution in [-0.4, -0.2) is 38.7 Å². The number of likely N-dealkylation sites (tertiary alicyclic amines) is 1. The fourth-order valence-corrected chi connectivity index (χ4v) is 2.53. The van der Waals surface area contributed by atoms with E-state index < -0.39 is 18.4 Å². The van der Waals surface area contributed by atoms with Gasteiger partial charge in [0, 0.05) is 30.9 Å². The molecule has 0 bridgehead atoms. The highest BCUT2D eigenvalue weighted by Gasteiger charge is 2.31. The highest BCUT2D eigenvalue weighted by molar-refractivity contribution is 5.90.